The predicted octanol–water partition coefficient (Wildman–Crippen LogP) is 2.56. The molecule has 3 rings (SSSR count). The molecule has 3 aromatic rings. The van der Waals surface area contributed by atoms with Crippen molar-refractivity contribution in [3.8, 4) is 23.7 Å². The van der Waals surface area contributed by atoms with Gasteiger partial charge in [0.15, 0.2) is 0 Å². The standard InChI is InChI=1S/C16H11N5O/c1-2-12-3-5-13(6-4-12)11-18-20-16-19-15(21-22-16)14-7-9-17-10-8-14/h1,3-11H,(H,19,20,21)/b18-11+. The van der Waals surface area contributed by atoms with Gasteiger partial charge in [0.1, 0.15) is 0 Å². The highest BCUT2D eigenvalue weighted by Gasteiger charge is 2.06. The second kappa shape index (κ2) is 6.33. The number of rotatable bonds is 4. The Kier molecular flexibility index (Phi) is 3.89. The summed E-state index contributed by atoms with van der Waals surface area (Å²) in [6, 6.07) is 11.2. The van der Waals surface area contributed by atoms with Crippen molar-refractivity contribution in [3.05, 3.63) is 59.9 Å². The van der Waals surface area contributed by atoms with Crippen LogP contribution in [0.1, 0.15) is 11.1 Å². The fourth-order valence-electron chi connectivity index (χ4n) is 1.71. The van der Waals surface area contributed by atoms with E-state index in [0.717, 1.165) is 16.7 Å². The molecule has 0 aliphatic rings. The zero-order valence-corrected chi connectivity index (χ0v) is 11.5. The first-order valence-electron chi connectivity index (χ1n) is 6.45. The van der Waals surface area contributed by atoms with Crippen LogP contribution in [0.4, 0.5) is 6.01 Å². The molecule has 0 saturated heterocycles. The van der Waals surface area contributed by atoms with E-state index in [-0.39, 0.29) is 6.01 Å². The third kappa shape index (κ3) is 3.16. The molecule has 106 valence electrons. The van der Waals surface area contributed by atoms with Gasteiger partial charge in [0.2, 0.25) is 5.82 Å². The molecule has 6 nitrogen and oxygen atoms in total. The summed E-state index contributed by atoms with van der Waals surface area (Å²) >= 11 is 0. The lowest BCUT2D eigenvalue weighted by atomic mass is 10.1. The average molecular weight is 289 g/mol. The lowest BCUT2D eigenvalue weighted by Gasteiger charge is -1.94. The van der Waals surface area contributed by atoms with Crippen LogP contribution in [-0.2, 0) is 0 Å². The van der Waals surface area contributed by atoms with Gasteiger partial charge in [0.05, 0.1) is 6.21 Å². The van der Waals surface area contributed by atoms with Crippen LogP contribution < -0.4 is 5.43 Å². The lowest BCUT2D eigenvalue weighted by Crippen LogP contribution is -1.91. The first-order chi connectivity index (χ1) is 10.8. The number of aromatic nitrogens is 3. The van der Waals surface area contributed by atoms with Gasteiger partial charge in [0, 0.05) is 23.5 Å². The Balaban J connectivity index is 1.65. The Morgan fingerprint density at radius 1 is 1.14 bits per heavy atom. The molecule has 6 heteroatoms. The second-order valence-corrected chi connectivity index (χ2v) is 4.30. The quantitative estimate of drug-likeness (QED) is 0.454. The van der Waals surface area contributed by atoms with Crippen molar-refractivity contribution < 1.29 is 4.52 Å². The minimum atomic E-state index is 0.211. The molecule has 1 N–H and O–H groups in total. The largest absolute Gasteiger partial charge is 0.342 e. The Labute approximate surface area is 126 Å². The highest BCUT2D eigenvalue weighted by molar-refractivity contribution is 5.80. The molecule has 0 aliphatic carbocycles. The van der Waals surface area contributed by atoms with Crippen molar-refractivity contribution in [2.24, 2.45) is 5.10 Å². The second-order valence-electron chi connectivity index (χ2n) is 4.30. The number of hydrogen-bond donors (Lipinski definition) is 1. The maximum Gasteiger partial charge on any atom is 0.342 e. The van der Waals surface area contributed by atoms with Crippen molar-refractivity contribution in [3.63, 3.8) is 0 Å². The van der Waals surface area contributed by atoms with Gasteiger partial charge >= 0.3 is 6.01 Å². The van der Waals surface area contributed by atoms with E-state index < -0.39 is 0 Å². The van der Waals surface area contributed by atoms with Crippen molar-refractivity contribution in [2.45, 2.75) is 0 Å². The van der Waals surface area contributed by atoms with Gasteiger partial charge in [-0.05, 0) is 29.8 Å². The highest BCUT2D eigenvalue weighted by Crippen LogP contribution is 2.16. The van der Waals surface area contributed by atoms with E-state index in [1.165, 1.54) is 0 Å². The Morgan fingerprint density at radius 2 is 1.91 bits per heavy atom. The molecule has 0 saturated carbocycles. The molecule has 22 heavy (non-hydrogen) atoms. The van der Waals surface area contributed by atoms with Gasteiger partial charge in [0.25, 0.3) is 0 Å². The molecular formula is C16H11N5O. The maximum atomic E-state index is 5.30. The smallest absolute Gasteiger partial charge is 0.313 e. The first-order valence-corrected chi connectivity index (χ1v) is 6.45. The monoisotopic (exact) mass is 289 g/mol. The van der Waals surface area contributed by atoms with E-state index in [0.29, 0.717) is 5.82 Å². The van der Waals surface area contributed by atoms with Crippen molar-refractivity contribution in [1.29, 1.82) is 0 Å². The van der Waals surface area contributed by atoms with Crippen molar-refractivity contribution in [1.82, 2.24) is 15.1 Å². The van der Waals surface area contributed by atoms with Crippen LogP contribution in [-0.4, -0.2) is 21.3 Å². The Morgan fingerprint density at radius 3 is 2.64 bits per heavy atom. The number of hydrogen-bond acceptors (Lipinski definition) is 6. The topological polar surface area (TPSA) is 76.2 Å². The van der Waals surface area contributed by atoms with Gasteiger partial charge in [-0.3, -0.25) is 4.98 Å². The molecule has 0 fully saturated rings. The average Bonchev–Trinajstić information content (AvgIpc) is 3.05. The van der Waals surface area contributed by atoms with Gasteiger partial charge in [-0.25, -0.2) is 5.43 Å². The van der Waals surface area contributed by atoms with Crippen LogP contribution in [0.25, 0.3) is 11.4 Å². The van der Waals surface area contributed by atoms with E-state index in [1.54, 1.807) is 30.7 Å². The van der Waals surface area contributed by atoms with E-state index in [4.69, 9.17) is 10.9 Å². The van der Waals surface area contributed by atoms with Gasteiger partial charge in [-0.2, -0.15) is 10.1 Å². The molecule has 1 aromatic carbocycles. The van der Waals surface area contributed by atoms with E-state index in [1.807, 2.05) is 24.3 Å². The zero-order chi connectivity index (χ0) is 15.2. The Bertz CT molecular complexity index is 816. The van der Waals surface area contributed by atoms with E-state index in [9.17, 15) is 0 Å². The van der Waals surface area contributed by atoms with Crippen LogP contribution in [0.15, 0.2) is 58.4 Å². The highest BCUT2D eigenvalue weighted by atomic mass is 16.5. The number of hydrazone groups is 1. The summed E-state index contributed by atoms with van der Waals surface area (Å²) in [5.74, 6) is 3.03. The molecule has 0 atom stereocenters. The number of benzene rings is 1. The minimum absolute atomic E-state index is 0.211. The molecule has 2 heterocycles. The van der Waals surface area contributed by atoms with E-state index in [2.05, 4.69) is 31.6 Å². The minimum Gasteiger partial charge on any atom is -0.313 e. The normalized spacial score (nSPS) is 10.5. The van der Waals surface area contributed by atoms with Crippen LogP contribution in [0.3, 0.4) is 0 Å². The zero-order valence-electron chi connectivity index (χ0n) is 11.5. The molecule has 2 aromatic heterocycles. The third-order valence-electron chi connectivity index (χ3n) is 2.82. The fourth-order valence-corrected chi connectivity index (χ4v) is 1.71. The molecule has 0 amide bonds. The molecule has 0 aliphatic heterocycles. The maximum absolute atomic E-state index is 5.30. The lowest BCUT2D eigenvalue weighted by molar-refractivity contribution is 0.433. The summed E-state index contributed by atoms with van der Waals surface area (Å²) in [7, 11) is 0. The number of anilines is 1. The predicted molar refractivity (Wildman–Crippen MR) is 83.1 cm³/mol. The summed E-state index contributed by atoms with van der Waals surface area (Å²) in [6.07, 6.45) is 10.3. The van der Waals surface area contributed by atoms with Crippen LogP contribution in [0.2, 0.25) is 0 Å². The number of pyridine rings is 1. The van der Waals surface area contributed by atoms with Gasteiger partial charge in [-0.15, -0.1) is 6.42 Å². The molecular weight excluding hydrogens is 278 g/mol. The summed E-state index contributed by atoms with van der Waals surface area (Å²) in [5, 5.41) is 7.90. The van der Waals surface area contributed by atoms with Gasteiger partial charge in [-0.1, -0.05) is 23.2 Å². The number of nitrogens with zero attached hydrogens (tertiary/aromatic N) is 4. The molecule has 0 bridgehead atoms. The van der Waals surface area contributed by atoms with Crippen molar-refractivity contribution >= 4 is 12.2 Å². The fraction of sp³-hybridized carbons (Fsp3) is 0. The number of terminal acetylenes is 1. The molecule has 0 radical (unpaired) electrons. The molecule has 0 spiro atoms. The number of nitrogens with one attached hydrogen (secondary N) is 1. The van der Waals surface area contributed by atoms with Crippen LogP contribution >= 0.6 is 0 Å². The summed E-state index contributed by atoms with van der Waals surface area (Å²) in [5.41, 5.74) is 5.23. The summed E-state index contributed by atoms with van der Waals surface area (Å²) < 4.78 is 5.06. The van der Waals surface area contributed by atoms with Crippen molar-refractivity contribution in [2.75, 3.05) is 5.43 Å². The first kappa shape index (κ1) is 13.5. The summed E-state index contributed by atoms with van der Waals surface area (Å²) in [6.45, 7) is 0. The van der Waals surface area contributed by atoms with Crippen LogP contribution in [0.5, 0.6) is 0 Å². The van der Waals surface area contributed by atoms with Gasteiger partial charge < -0.3 is 4.52 Å². The van der Waals surface area contributed by atoms with E-state index >= 15 is 0 Å². The molecule has 0 unspecified atom stereocenters. The SMILES string of the molecule is C#Cc1ccc(/C=N/Nc2nc(-c3ccncc3)no2)cc1. The third-order valence-corrected chi connectivity index (χ3v) is 2.82. The van der Waals surface area contributed by atoms with Crippen LogP contribution in [0, 0.1) is 12.3 Å². The summed E-state index contributed by atoms with van der Waals surface area (Å²) in [4.78, 5) is 8.12. The Hall–Kier alpha value is -3.46.